The van der Waals surface area contributed by atoms with E-state index in [4.69, 9.17) is 4.74 Å². The van der Waals surface area contributed by atoms with E-state index in [0.29, 0.717) is 29.1 Å². The zero-order valence-corrected chi connectivity index (χ0v) is 17.9. The molecular formula is C23H23N3O3S. The van der Waals surface area contributed by atoms with E-state index < -0.39 is 10.0 Å². The minimum atomic E-state index is -3.84. The summed E-state index contributed by atoms with van der Waals surface area (Å²) in [5.74, 6) is 0.663. The zero-order chi connectivity index (χ0) is 21.3. The fourth-order valence-corrected chi connectivity index (χ4v) is 4.95. The number of aromatic nitrogens is 2. The van der Waals surface area contributed by atoms with Crippen LogP contribution in [-0.2, 0) is 10.0 Å². The number of hydrogen-bond donors (Lipinski definition) is 1. The molecule has 7 heteroatoms. The number of para-hydroxylation sites is 1. The molecule has 0 aliphatic carbocycles. The Kier molecular flexibility index (Phi) is 5.22. The van der Waals surface area contributed by atoms with Crippen molar-refractivity contribution in [3.63, 3.8) is 0 Å². The lowest BCUT2D eigenvalue weighted by Gasteiger charge is -2.14. The van der Waals surface area contributed by atoms with Gasteiger partial charge in [0, 0.05) is 10.8 Å². The van der Waals surface area contributed by atoms with Gasteiger partial charge < -0.3 is 4.74 Å². The van der Waals surface area contributed by atoms with Crippen LogP contribution >= 0.6 is 0 Å². The first-order valence-corrected chi connectivity index (χ1v) is 11.2. The standard InChI is InChI=1S/C23H23N3O3S/c1-4-29-21-14-15-22(20-13-9-8-12-19(20)21)30(27,28)25-23-16(2)24-26(17(23)3)18-10-6-5-7-11-18/h5-15,25H,4H2,1-3H3. The highest BCUT2D eigenvalue weighted by atomic mass is 32.2. The van der Waals surface area contributed by atoms with Crippen molar-refractivity contribution in [1.29, 1.82) is 0 Å². The Bertz CT molecular complexity index is 1310. The van der Waals surface area contributed by atoms with Crippen molar-refractivity contribution in [1.82, 2.24) is 9.78 Å². The summed E-state index contributed by atoms with van der Waals surface area (Å²) in [5.41, 5.74) is 2.68. The van der Waals surface area contributed by atoms with Crippen LogP contribution in [0.25, 0.3) is 16.5 Å². The molecule has 154 valence electrons. The van der Waals surface area contributed by atoms with Gasteiger partial charge in [-0.05, 0) is 45.0 Å². The van der Waals surface area contributed by atoms with Crippen LogP contribution in [0.2, 0.25) is 0 Å². The highest BCUT2D eigenvalue weighted by molar-refractivity contribution is 7.93. The molecule has 0 bridgehead atoms. The van der Waals surface area contributed by atoms with Crippen LogP contribution in [0.5, 0.6) is 5.75 Å². The normalized spacial score (nSPS) is 11.6. The second-order valence-corrected chi connectivity index (χ2v) is 8.59. The number of benzene rings is 3. The van der Waals surface area contributed by atoms with Crippen LogP contribution in [0.4, 0.5) is 5.69 Å². The summed E-state index contributed by atoms with van der Waals surface area (Å²) < 4.78 is 36.9. The molecule has 0 spiro atoms. The molecule has 0 amide bonds. The Hall–Kier alpha value is -3.32. The summed E-state index contributed by atoms with van der Waals surface area (Å²) in [6.45, 7) is 6.05. The Labute approximate surface area is 176 Å². The largest absolute Gasteiger partial charge is 0.493 e. The molecule has 0 aliphatic heterocycles. The number of nitrogens with zero attached hydrogens (tertiary/aromatic N) is 2. The molecule has 0 atom stereocenters. The van der Waals surface area contributed by atoms with Crippen molar-refractivity contribution in [3.8, 4) is 11.4 Å². The van der Waals surface area contributed by atoms with E-state index in [0.717, 1.165) is 16.8 Å². The first-order valence-electron chi connectivity index (χ1n) is 9.71. The van der Waals surface area contributed by atoms with Gasteiger partial charge in [-0.25, -0.2) is 13.1 Å². The monoisotopic (exact) mass is 421 g/mol. The molecule has 1 N–H and O–H groups in total. The van der Waals surface area contributed by atoms with Crippen molar-refractivity contribution < 1.29 is 13.2 Å². The second-order valence-electron chi connectivity index (χ2n) is 6.94. The molecule has 0 unspecified atom stereocenters. The van der Waals surface area contributed by atoms with Crippen LogP contribution in [0.15, 0.2) is 71.6 Å². The lowest BCUT2D eigenvalue weighted by Crippen LogP contribution is -2.15. The maximum Gasteiger partial charge on any atom is 0.262 e. The van der Waals surface area contributed by atoms with Gasteiger partial charge in [-0.2, -0.15) is 5.10 Å². The Balaban J connectivity index is 1.78. The third-order valence-corrected chi connectivity index (χ3v) is 6.37. The first-order chi connectivity index (χ1) is 14.4. The summed E-state index contributed by atoms with van der Waals surface area (Å²) in [6.07, 6.45) is 0. The van der Waals surface area contributed by atoms with Crippen LogP contribution in [0.1, 0.15) is 18.3 Å². The topological polar surface area (TPSA) is 73.2 Å². The predicted octanol–water partition coefficient (Wildman–Crippen LogP) is 4.84. The van der Waals surface area contributed by atoms with E-state index in [1.54, 1.807) is 29.8 Å². The Morgan fingerprint density at radius 1 is 0.933 bits per heavy atom. The minimum absolute atomic E-state index is 0.202. The lowest BCUT2D eigenvalue weighted by atomic mass is 10.1. The summed E-state index contributed by atoms with van der Waals surface area (Å²) in [6, 6.07) is 20.3. The van der Waals surface area contributed by atoms with Gasteiger partial charge in [-0.15, -0.1) is 0 Å². The number of fused-ring (bicyclic) bond motifs is 1. The maximum atomic E-state index is 13.3. The average Bonchev–Trinajstić information content (AvgIpc) is 3.02. The fraction of sp³-hybridized carbons (Fsp3) is 0.174. The molecule has 1 aromatic heterocycles. The summed E-state index contributed by atoms with van der Waals surface area (Å²) in [4.78, 5) is 0.202. The number of ether oxygens (including phenoxy) is 1. The molecule has 4 aromatic rings. The van der Waals surface area contributed by atoms with Crippen LogP contribution in [0.3, 0.4) is 0 Å². The SMILES string of the molecule is CCOc1ccc(S(=O)(=O)Nc2c(C)nn(-c3ccccc3)c2C)c2ccccc12. The molecule has 0 fully saturated rings. The molecule has 30 heavy (non-hydrogen) atoms. The van der Waals surface area contributed by atoms with Crippen LogP contribution in [-0.4, -0.2) is 24.8 Å². The van der Waals surface area contributed by atoms with E-state index in [-0.39, 0.29) is 4.90 Å². The molecule has 0 saturated carbocycles. The number of aryl methyl sites for hydroxylation is 1. The molecule has 4 rings (SSSR count). The number of anilines is 1. The number of rotatable bonds is 6. The molecule has 1 heterocycles. The zero-order valence-electron chi connectivity index (χ0n) is 17.1. The molecule has 6 nitrogen and oxygen atoms in total. The van der Waals surface area contributed by atoms with Gasteiger partial charge in [0.2, 0.25) is 0 Å². The number of hydrogen-bond acceptors (Lipinski definition) is 4. The lowest BCUT2D eigenvalue weighted by molar-refractivity contribution is 0.344. The van der Waals surface area contributed by atoms with Gasteiger partial charge in [-0.3, -0.25) is 4.72 Å². The van der Waals surface area contributed by atoms with Crippen molar-refractivity contribution in [2.75, 3.05) is 11.3 Å². The first kappa shape index (κ1) is 20.0. The van der Waals surface area contributed by atoms with Crippen molar-refractivity contribution in [2.24, 2.45) is 0 Å². The van der Waals surface area contributed by atoms with Crippen LogP contribution in [0, 0.1) is 13.8 Å². The minimum Gasteiger partial charge on any atom is -0.493 e. The third-order valence-electron chi connectivity index (χ3n) is 4.96. The van der Waals surface area contributed by atoms with Crippen LogP contribution < -0.4 is 9.46 Å². The average molecular weight is 422 g/mol. The van der Waals surface area contributed by atoms with E-state index in [2.05, 4.69) is 9.82 Å². The highest BCUT2D eigenvalue weighted by Gasteiger charge is 2.23. The van der Waals surface area contributed by atoms with Gasteiger partial charge in [0.1, 0.15) is 5.75 Å². The van der Waals surface area contributed by atoms with Crippen molar-refractivity contribution in [2.45, 2.75) is 25.7 Å². The van der Waals surface area contributed by atoms with E-state index >= 15 is 0 Å². The molecular weight excluding hydrogens is 398 g/mol. The predicted molar refractivity (Wildman–Crippen MR) is 119 cm³/mol. The van der Waals surface area contributed by atoms with Crippen molar-refractivity contribution >= 4 is 26.5 Å². The molecule has 0 saturated heterocycles. The molecule has 0 aliphatic rings. The smallest absolute Gasteiger partial charge is 0.262 e. The van der Waals surface area contributed by atoms with E-state index in [9.17, 15) is 8.42 Å². The van der Waals surface area contributed by atoms with Gasteiger partial charge >= 0.3 is 0 Å². The second kappa shape index (κ2) is 7.84. The summed E-state index contributed by atoms with van der Waals surface area (Å²) in [7, 11) is -3.84. The highest BCUT2D eigenvalue weighted by Crippen LogP contribution is 2.33. The van der Waals surface area contributed by atoms with Crippen molar-refractivity contribution in [3.05, 3.63) is 78.1 Å². The Morgan fingerprint density at radius 2 is 1.60 bits per heavy atom. The molecule has 3 aromatic carbocycles. The van der Waals surface area contributed by atoms with E-state index in [1.165, 1.54) is 0 Å². The maximum absolute atomic E-state index is 13.3. The van der Waals surface area contributed by atoms with Gasteiger partial charge in [0.25, 0.3) is 10.0 Å². The molecule has 0 radical (unpaired) electrons. The van der Waals surface area contributed by atoms with Gasteiger partial charge in [0.15, 0.2) is 0 Å². The fourth-order valence-electron chi connectivity index (χ4n) is 3.56. The van der Waals surface area contributed by atoms with E-state index in [1.807, 2.05) is 62.4 Å². The quantitative estimate of drug-likeness (QED) is 0.483. The van der Waals surface area contributed by atoms with Gasteiger partial charge in [0.05, 0.1) is 34.3 Å². The Morgan fingerprint density at radius 3 is 2.30 bits per heavy atom. The van der Waals surface area contributed by atoms with Gasteiger partial charge in [-0.1, -0.05) is 42.5 Å². The summed E-state index contributed by atoms with van der Waals surface area (Å²) in [5, 5.41) is 5.90. The third kappa shape index (κ3) is 3.52. The number of nitrogens with one attached hydrogen (secondary N) is 1. The number of sulfonamides is 1. The summed E-state index contributed by atoms with van der Waals surface area (Å²) >= 11 is 0.